The Balaban J connectivity index is 2.04. The number of benzene rings is 1. The molecule has 1 aromatic carbocycles. The largest absolute Gasteiger partial charge is 0.294 e. The summed E-state index contributed by atoms with van der Waals surface area (Å²) in [6.45, 7) is 4.13. The van der Waals surface area contributed by atoms with Crippen molar-refractivity contribution in [1.82, 2.24) is 10.2 Å². The second kappa shape index (κ2) is 4.57. The summed E-state index contributed by atoms with van der Waals surface area (Å²) in [5.74, 6) is 0.566. The average molecular weight is 252 g/mol. The zero-order valence-electron chi connectivity index (χ0n) is 11.2. The van der Waals surface area contributed by atoms with Crippen LogP contribution in [-0.4, -0.2) is 16.0 Å². The first-order valence-corrected chi connectivity index (χ1v) is 6.60. The maximum absolute atomic E-state index is 12.1. The van der Waals surface area contributed by atoms with Gasteiger partial charge < -0.3 is 0 Å². The van der Waals surface area contributed by atoms with Crippen LogP contribution < -0.4 is 0 Å². The van der Waals surface area contributed by atoms with E-state index in [0.29, 0.717) is 12.3 Å². The number of hydrogen-bond donors (Lipinski definition) is 0. The Morgan fingerprint density at radius 2 is 1.84 bits per heavy atom. The lowest BCUT2D eigenvalue weighted by atomic mass is 9.87. The third-order valence-corrected chi connectivity index (χ3v) is 3.59. The molecule has 1 heterocycles. The molecule has 0 unspecified atom stereocenters. The lowest BCUT2D eigenvalue weighted by Gasteiger charge is -2.19. The molecule has 1 aliphatic rings. The predicted octanol–water partition coefficient (Wildman–Crippen LogP) is 3.22. The first-order valence-electron chi connectivity index (χ1n) is 6.60. The van der Waals surface area contributed by atoms with Crippen LogP contribution >= 0.6 is 0 Å². The van der Waals surface area contributed by atoms with Crippen molar-refractivity contribution in [2.45, 2.75) is 26.7 Å². The number of aryl methyl sites for hydroxylation is 1. The van der Waals surface area contributed by atoms with Gasteiger partial charge in [-0.3, -0.25) is 4.79 Å². The Hall–Kier alpha value is -2.03. The molecular formula is C16H16N2O. The molecule has 0 N–H and O–H groups in total. The minimum atomic E-state index is 0.192. The van der Waals surface area contributed by atoms with Crippen LogP contribution in [0.1, 0.15) is 35.0 Å². The SMILES string of the molecule is Cc1ccc(-c2cc3c(nn2)C[C@H](C)CC3=O)cc1. The van der Waals surface area contributed by atoms with Gasteiger partial charge >= 0.3 is 0 Å². The van der Waals surface area contributed by atoms with E-state index in [1.54, 1.807) is 0 Å². The molecule has 1 atom stereocenters. The van der Waals surface area contributed by atoms with Crippen molar-refractivity contribution >= 4 is 5.78 Å². The van der Waals surface area contributed by atoms with Gasteiger partial charge in [0, 0.05) is 17.5 Å². The number of carbonyl (C=O) groups excluding carboxylic acids is 1. The normalized spacial score (nSPS) is 18.2. The van der Waals surface area contributed by atoms with E-state index < -0.39 is 0 Å². The van der Waals surface area contributed by atoms with Crippen LogP contribution in [0.3, 0.4) is 0 Å². The highest BCUT2D eigenvalue weighted by atomic mass is 16.1. The monoisotopic (exact) mass is 252 g/mol. The van der Waals surface area contributed by atoms with Gasteiger partial charge in [0.25, 0.3) is 0 Å². The molecule has 2 aromatic rings. The van der Waals surface area contributed by atoms with Crippen LogP contribution in [0, 0.1) is 12.8 Å². The Morgan fingerprint density at radius 3 is 2.58 bits per heavy atom. The third-order valence-electron chi connectivity index (χ3n) is 3.59. The van der Waals surface area contributed by atoms with Crippen LogP contribution in [0.25, 0.3) is 11.3 Å². The molecule has 0 amide bonds. The Kier molecular flexibility index (Phi) is 2.90. The maximum Gasteiger partial charge on any atom is 0.165 e. The highest BCUT2D eigenvalue weighted by Gasteiger charge is 2.24. The molecule has 0 bridgehead atoms. The standard InChI is InChI=1S/C16H16N2O/c1-10-3-5-12(6-4-10)14-9-13-15(18-17-14)7-11(2)8-16(13)19/h3-6,9,11H,7-8H2,1-2H3/t11-/m0/s1. The van der Waals surface area contributed by atoms with Crippen LogP contribution in [0.2, 0.25) is 0 Å². The summed E-state index contributed by atoms with van der Waals surface area (Å²) in [7, 11) is 0. The van der Waals surface area contributed by atoms with Gasteiger partial charge in [-0.2, -0.15) is 10.2 Å². The molecule has 0 saturated carbocycles. The number of Topliss-reactive ketones (excluding diaryl/α,β-unsaturated/α-hetero) is 1. The quantitative estimate of drug-likeness (QED) is 0.782. The van der Waals surface area contributed by atoms with E-state index in [2.05, 4.69) is 17.1 Å². The van der Waals surface area contributed by atoms with Crippen LogP contribution in [-0.2, 0) is 6.42 Å². The summed E-state index contributed by atoms with van der Waals surface area (Å²) in [5, 5.41) is 8.51. The van der Waals surface area contributed by atoms with Crippen molar-refractivity contribution in [3.8, 4) is 11.3 Å². The highest BCUT2D eigenvalue weighted by molar-refractivity contribution is 5.98. The topological polar surface area (TPSA) is 42.9 Å². The molecule has 3 heteroatoms. The lowest BCUT2D eigenvalue weighted by Crippen LogP contribution is -2.20. The van der Waals surface area contributed by atoms with Crippen molar-refractivity contribution in [2.24, 2.45) is 5.92 Å². The fraction of sp³-hybridized carbons (Fsp3) is 0.312. The molecule has 3 nitrogen and oxygen atoms in total. The van der Waals surface area contributed by atoms with E-state index in [4.69, 9.17) is 0 Å². The van der Waals surface area contributed by atoms with Crippen molar-refractivity contribution in [1.29, 1.82) is 0 Å². The smallest absolute Gasteiger partial charge is 0.165 e. The number of ketones is 1. The summed E-state index contributed by atoms with van der Waals surface area (Å²) in [6, 6.07) is 10.0. The average Bonchev–Trinajstić information content (AvgIpc) is 2.39. The molecule has 0 saturated heterocycles. The number of carbonyl (C=O) groups is 1. The van der Waals surface area contributed by atoms with E-state index in [0.717, 1.165) is 28.9 Å². The molecule has 19 heavy (non-hydrogen) atoms. The maximum atomic E-state index is 12.1. The highest BCUT2D eigenvalue weighted by Crippen LogP contribution is 2.26. The van der Waals surface area contributed by atoms with Crippen LogP contribution in [0.4, 0.5) is 0 Å². The fourth-order valence-corrected chi connectivity index (χ4v) is 2.50. The zero-order valence-corrected chi connectivity index (χ0v) is 11.2. The molecular weight excluding hydrogens is 236 g/mol. The van der Waals surface area contributed by atoms with Gasteiger partial charge in [-0.05, 0) is 25.3 Å². The summed E-state index contributed by atoms with van der Waals surface area (Å²) >= 11 is 0. The van der Waals surface area contributed by atoms with Gasteiger partial charge in [0.1, 0.15) is 0 Å². The van der Waals surface area contributed by atoms with E-state index >= 15 is 0 Å². The number of nitrogens with zero attached hydrogens (tertiary/aromatic N) is 2. The molecule has 1 aromatic heterocycles. The van der Waals surface area contributed by atoms with Gasteiger partial charge in [0.2, 0.25) is 0 Å². The van der Waals surface area contributed by atoms with Crippen molar-refractivity contribution in [3.05, 3.63) is 47.2 Å². The minimum Gasteiger partial charge on any atom is -0.294 e. The molecule has 3 rings (SSSR count). The van der Waals surface area contributed by atoms with Gasteiger partial charge in [0.05, 0.1) is 11.4 Å². The van der Waals surface area contributed by atoms with E-state index in [1.807, 2.05) is 37.3 Å². The Bertz CT molecular complexity index is 632. The van der Waals surface area contributed by atoms with Gasteiger partial charge in [-0.15, -0.1) is 0 Å². The van der Waals surface area contributed by atoms with E-state index in [-0.39, 0.29) is 5.78 Å². The van der Waals surface area contributed by atoms with Crippen molar-refractivity contribution in [3.63, 3.8) is 0 Å². The van der Waals surface area contributed by atoms with Crippen LogP contribution in [0.15, 0.2) is 30.3 Å². The van der Waals surface area contributed by atoms with Crippen LogP contribution in [0.5, 0.6) is 0 Å². The first-order chi connectivity index (χ1) is 9.13. The predicted molar refractivity (Wildman–Crippen MR) is 74.0 cm³/mol. The Labute approximate surface area is 112 Å². The molecule has 1 aliphatic carbocycles. The molecule has 0 fully saturated rings. The lowest BCUT2D eigenvalue weighted by molar-refractivity contribution is 0.0951. The van der Waals surface area contributed by atoms with Crippen molar-refractivity contribution < 1.29 is 4.79 Å². The molecule has 0 radical (unpaired) electrons. The summed E-state index contributed by atoms with van der Waals surface area (Å²) in [5.41, 5.74) is 4.59. The molecule has 0 spiro atoms. The fourth-order valence-electron chi connectivity index (χ4n) is 2.50. The number of hydrogen-bond acceptors (Lipinski definition) is 3. The minimum absolute atomic E-state index is 0.192. The number of aromatic nitrogens is 2. The van der Waals surface area contributed by atoms with Gasteiger partial charge in [0.15, 0.2) is 5.78 Å². The summed E-state index contributed by atoms with van der Waals surface area (Å²) in [4.78, 5) is 12.1. The molecule has 0 aliphatic heterocycles. The number of fused-ring (bicyclic) bond motifs is 1. The second-order valence-electron chi connectivity index (χ2n) is 5.39. The van der Waals surface area contributed by atoms with E-state index in [9.17, 15) is 4.79 Å². The number of rotatable bonds is 1. The van der Waals surface area contributed by atoms with Gasteiger partial charge in [-0.25, -0.2) is 0 Å². The van der Waals surface area contributed by atoms with E-state index in [1.165, 1.54) is 5.56 Å². The zero-order chi connectivity index (χ0) is 13.4. The Morgan fingerprint density at radius 1 is 1.11 bits per heavy atom. The van der Waals surface area contributed by atoms with Crippen molar-refractivity contribution in [2.75, 3.05) is 0 Å². The second-order valence-corrected chi connectivity index (χ2v) is 5.39. The third kappa shape index (κ3) is 2.28. The first kappa shape index (κ1) is 12.0. The summed E-state index contributed by atoms with van der Waals surface area (Å²) < 4.78 is 0. The summed E-state index contributed by atoms with van der Waals surface area (Å²) in [6.07, 6.45) is 1.47. The van der Waals surface area contributed by atoms with Gasteiger partial charge in [-0.1, -0.05) is 36.8 Å². The molecule has 96 valence electrons.